The second kappa shape index (κ2) is 7.49. The molecule has 0 spiro atoms. The second-order valence-corrected chi connectivity index (χ2v) is 6.60. The van der Waals surface area contributed by atoms with Crippen molar-refractivity contribution >= 4 is 11.8 Å². The van der Waals surface area contributed by atoms with Gasteiger partial charge in [-0.05, 0) is 42.5 Å². The number of aromatic nitrogens is 1. The van der Waals surface area contributed by atoms with Gasteiger partial charge in [0.1, 0.15) is 17.8 Å². The van der Waals surface area contributed by atoms with Crippen molar-refractivity contribution in [3.05, 3.63) is 69.1 Å². The lowest BCUT2D eigenvalue weighted by molar-refractivity contribution is -0.144. The van der Waals surface area contributed by atoms with E-state index in [-0.39, 0.29) is 10.6 Å². The number of primary amides is 1. The molecule has 28 heavy (non-hydrogen) atoms. The summed E-state index contributed by atoms with van der Waals surface area (Å²) in [5.74, 6) is -1.91. The third kappa shape index (κ3) is 3.92. The Bertz CT molecular complexity index is 982. The van der Waals surface area contributed by atoms with Gasteiger partial charge in [-0.2, -0.15) is 13.2 Å². The third-order valence-corrected chi connectivity index (χ3v) is 4.74. The molecule has 0 radical (unpaired) electrons. The van der Waals surface area contributed by atoms with Crippen molar-refractivity contribution in [2.75, 3.05) is 0 Å². The first kappa shape index (κ1) is 19.7. The van der Waals surface area contributed by atoms with Gasteiger partial charge in [0, 0.05) is 0 Å². The normalized spacial score (nSPS) is 16.3. The van der Waals surface area contributed by atoms with Crippen LogP contribution in [-0.4, -0.2) is 16.4 Å². The number of rotatable bonds is 4. The van der Waals surface area contributed by atoms with Crippen LogP contribution in [0.15, 0.2) is 41.2 Å². The van der Waals surface area contributed by atoms with Crippen molar-refractivity contribution in [1.82, 2.24) is 9.88 Å². The molecule has 3 N–H and O–H groups in total. The van der Waals surface area contributed by atoms with E-state index in [1.54, 1.807) is 0 Å². The zero-order valence-electron chi connectivity index (χ0n) is 14.8. The first-order valence-electron chi connectivity index (χ1n) is 8.66. The first-order valence-corrected chi connectivity index (χ1v) is 8.66. The number of benzene rings is 1. The highest BCUT2D eigenvalue weighted by molar-refractivity contribution is 5.92. The fourth-order valence-corrected chi connectivity index (χ4v) is 3.46. The van der Waals surface area contributed by atoms with Crippen LogP contribution in [-0.2, 0) is 23.9 Å². The molecule has 1 unspecified atom stereocenters. The molecule has 148 valence electrons. The number of hydrogen-bond donors (Lipinski definition) is 2. The number of alkyl halides is 3. The molecule has 6 nitrogen and oxygen atoms in total. The molecule has 0 aliphatic heterocycles. The van der Waals surface area contributed by atoms with Crippen LogP contribution in [0.3, 0.4) is 0 Å². The summed E-state index contributed by atoms with van der Waals surface area (Å²) in [7, 11) is 0. The van der Waals surface area contributed by atoms with E-state index in [0.29, 0.717) is 12.5 Å². The Morgan fingerprint density at radius 3 is 2.57 bits per heavy atom. The molecule has 1 heterocycles. The van der Waals surface area contributed by atoms with Gasteiger partial charge in [-0.3, -0.25) is 19.0 Å². The minimum Gasteiger partial charge on any atom is -0.365 e. The molecule has 1 aliphatic rings. The van der Waals surface area contributed by atoms with Gasteiger partial charge in [-0.25, -0.2) is 0 Å². The van der Waals surface area contributed by atoms with Crippen LogP contribution in [0.1, 0.15) is 46.1 Å². The van der Waals surface area contributed by atoms with Crippen molar-refractivity contribution in [3.8, 4) is 0 Å². The van der Waals surface area contributed by atoms with Gasteiger partial charge in [0.15, 0.2) is 0 Å². The van der Waals surface area contributed by atoms with Gasteiger partial charge in [0.05, 0.1) is 6.04 Å². The molecular weight excluding hydrogens is 375 g/mol. The highest BCUT2D eigenvalue weighted by Gasteiger charge is 2.36. The average molecular weight is 393 g/mol. The van der Waals surface area contributed by atoms with Crippen LogP contribution in [0, 0.1) is 0 Å². The summed E-state index contributed by atoms with van der Waals surface area (Å²) in [6.07, 6.45) is -2.54. The molecule has 0 fully saturated rings. The number of fused-ring (bicyclic) bond motifs is 1. The minimum atomic E-state index is -4.87. The number of nitrogens with two attached hydrogens (primary N) is 1. The van der Waals surface area contributed by atoms with Crippen LogP contribution in [0.25, 0.3) is 0 Å². The van der Waals surface area contributed by atoms with Gasteiger partial charge in [0.2, 0.25) is 5.91 Å². The lowest BCUT2D eigenvalue weighted by atomic mass is 9.88. The molecule has 1 atom stereocenters. The number of pyridine rings is 1. The number of carbonyl (C=O) groups excluding carboxylic acids is 2. The Hall–Kier alpha value is -3.10. The maximum absolute atomic E-state index is 13.3. The van der Waals surface area contributed by atoms with Gasteiger partial charge in [0.25, 0.3) is 11.5 Å². The topological polar surface area (TPSA) is 94.2 Å². The molecule has 1 aliphatic carbocycles. The highest BCUT2D eigenvalue weighted by atomic mass is 19.4. The van der Waals surface area contributed by atoms with E-state index in [1.165, 1.54) is 0 Å². The lowest BCUT2D eigenvalue weighted by Gasteiger charge is -2.26. The van der Waals surface area contributed by atoms with Gasteiger partial charge >= 0.3 is 6.18 Å². The van der Waals surface area contributed by atoms with Crippen molar-refractivity contribution in [2.45, 2.75) is 38.0 Å². The molecular formula is C19H18F3N3O3. The molecule has 9 heteroatoms. The Labute approximate surface area is 158 Å². The zero-order valence-corrected chi connectivity index (χ0v) is 14.8. The van der Waals surface area contributed by atoms with E-state index in [0.717, 1.165) is 30.0 Å². The Kier molecular flexibility index (Phi) is 5.26. The van der Waals surface area contributed by atoms with Crippen LogP contribution in [0.5, 0.6) is 0 Å². The molecule has 2 amide bonds. The summed E-state index contributed by atoms with van der Waals surface area (Å²) in [5, 5.41) is 2.70. The van der Waals surface area contributed by atoms with Crippen molar-refractivity contribution < 1.29 is 22.8 Å². The van der Waals surface area contributed by atoms with E-state index >= 15 is 0 Å². The number of nitrogens with one attached hydrogen (secondary N) is 1. The quantitative estimate of drug-likeness (QED) is 0.834. The van der Waals surface area contributed by atoms with Gasteiger partial charge in [-0.15, -0.1) is 0 Å². The summed E-state index contributed by atoms with van der Waals surface area (Å²) in [6.45, 7) is -0.868. The van der Waals surface area contributed by atoms with Crippen molar-refractivity contribution in [1.29, 1.82) is 0 Å². The average Bonchev–Trinajstić information content (AvgIpc) is 2.62. The molecule has 3 rings (SSSR count). The molecule has 2 aromatic rings. The van der Waals surface area contributed by atoms with Crippen LogP contribution < -0.4 is 16.6 Å². The lowest BCUT2D eigenvalue weighted by Crippen LogP contribution is -2.40. The van der Waals surface area contributed by atoms with E-state index in [2.05, 4.69) is 5.32 Å². The summed E-state index contributed by atoms with van der Waals surface area (Å²) < 4.78 is 40.0. The van der Waals surface area contributed by atoms with Crippen LogP contribution >= 0.6 is 0 Å². The Morgan fingerprint density at radius 2 is 1.89 bits per heavy atom. The summed E-state index contributed by atoms with van der Waals surface area (Å²) in [6, 6.07) is 8.46. The summed E-state index contributed by atoms with van der Waals surface area (Å²) in [5.41, 5.74) is 3.85. The third-order valence-electron chi connectivity index (χ3n) is 4.74. The summed E-state index contributed by atoms with van der Waals surface area (Å²) in [4.78, 5) is 36.0. The van der Waals surface area contributed by atoms with Crippen molar-refractivity contribution in [2.24, 2.45) is 5.73 Å². The number of amides is 2. The van der Waals surface area contributed by atoms with Crippen molar-refractivity contribution in [3.63, 3.8) is 0 Å². The Morgan fingerprint density at radius 1 is 1.18 bits per heavy atom. The number of halogens is 3. The number of hydrogen-bond acceptors (Lipinski definition) is 3. The van der Waals surface area contributed by atoms with Crippen LogP contribution in [0.2, 0.25) is 0 Å². The summed E-state index contributed by atoms with van der Waals surface area (Å²) >= 11 is 0. The smallest absolute Gasteiger partial charge is 0.365 e. The fraction of sp³-hybridized carbons (Fsp3) is 0.316. The van der Waals surface area contributed by atoms with Crippen LogP contribution in [0.4, 0.5) is 13.2 Å². The van der Waals surface area contributed by atoms with E-state index in [1.807, 2.05) is 24.3 Å². The highest BCUT2D eigenvalue weighted by Crippen LogP contribution is 2.30. The molecule has 1 aromatic heterocycles. The number of aryl methyl sites for hydroxylation is 1. The fourth-order valence-electron chi connectivity index (χ4n) is 3.46. The standard InChI is InChI=1S/C19H18F3N3O3/c20-19(21,22)15-9-8-13(17(23)27)18(28)25(15)10-16(26)24-14-7-3-5-11-4-1-2-6-12(11)14/h1-2,4,6,8-9,14H,3,5,7,10H2,(H2,23,27)(H,24,26). The minimum absolute atomic E-state index is 0.240. The molecule has 0 saturated carbocycles. The maximum Gasteiger partial charge on any atom is 0.431 e. The maximum atomic E-state index is 13.3. The first-order chi connectivity index (χ1) is 13.2. The van der Waals surface area contributed by atoms with Gasteiger partial charge in [-0.1, -0.05) is 24.3 Å². The monoisotopic (exact) mass is 393 g/mol. The van der Waals surface area contributed by atoms with E-state index in [4.69, 9.17) is 5.73 Å². The Balaban J connectivity index is 1.89. The SMILES string of the molecule is NC(=O)c1ccc(C(F)(F)F)n(CC(=O)NC2CCCc3ccccc32)c1=O. The predicted molar refractivity (Wildman–Crippen MR) is 94.5 cm³/mol. The van der Waals surface area contributed by atoms with E-state index < -0.39 is 41.4 Å². The van der Waals surface area contributed by atoms with E-state index in [9.17, 15) is 27.6 Å². The second-order valence-electron chi connectivity index (χ2n) is 6.60. The number of nitrogens with zero attached hydrogens (tertiary/aromatic N) is 1. The largest absolute Gasteiger partial charge is 0.431 e. The van der Waals surface area contributed by atoms with Gasteiger partial charge < -0.3 is 11.1 Å². The molecule has 0 bridgehead atoms. The predicted octanol–water partition coefficient (Wildman–Crippen LogP) is 2.16. The molecule has 1 aromatic carbocycles. The number of carbonyl (C=O) groups is 2. The zero-order chi connectivity index (χ0) is 20.5. The molecule has 0 saturated heterocycles.